The van der Waals surface area contributed by atoms with Gasteiger partial charge in [-0.15, -0.1) is 0 Å². The van der Waals surface area contributed by atoms with Crippen molar-refractivity contribution < 1.29 is 29.3 Å². The molecule has 39 heavy (non-hydrogen) atoms. The van der Waals surface area contributed by atoms with Gasteiger partial charge >= 0.3 is 0 Å². The first-order valence-corrected chi connectivity index (χ1v) is 13.3. The third-order valence-electron chi connectivity index (χ3n) is 6.61. The number of aliphatic hydroxyl groups excluding tert-OH is 2. The molecule has 0 saturated heterocycles. The summed E-state index contributed by atoms with van der Waals surface area (Å²) >= 11 is 0. The van der Waals surface area contributed by atoms with E-state index in [0.29, 0.717) is 30.0 Å². The van der Waals surface area contributed by atoms with Crippen molar-refractivity contribution in [3.8, 4) is 5.69 Å². The molecule has 0 unspecified atom stereocenters. The third-order valence-corrected chi connectivity index (χ3v) is 6.61. The molecule has 2 N–H and O–H groups in total. The summed E-state index contributed by atoms with van der Waals surface area (Å²) in [6.45, 7) is 8.22. The van der Waals surface area contributed by atoms with Gasteiger partial charge in [0.05, 0.1) is 17.9 Å². The first kappa shape index (κ1) is 30.0. The summed E-state index contributed by atoms with van der Waals surface area (Å²) in [5, 5.41) is 36.0. The van der Waals surface area contributed by atoms with Crippen molar-refractivity contribution >= 4 is 11.9 Å². The van der Waals surface area contributed by atoms with E-state index < -0.39 is 30.4 Å². The van der Waals surface area contributed by atoms with E-state index in [2.05, 4.69) is 0 Å². The molecule has 210 valence electrons. The maximum atomic E-state index is 14.0. The van der Waals surface area contributed by atoms with Gasteiger partial charge in [-0.1, -0.05) is 44.2 Å². The minimum Gasteiger partial charge on any atom is -0.550 e. The predicted molar refractivity (Wildman–Crippen MR) is 144 cm³/mol. The van der Waals surface area contributed by atoms with Gasteiger partial charge in [-0.05, 0) is 68.9 Å². The van der Waals surface area contributed by atoms with Crippen LogP contribution in [0.4, 0.5) is 4.39 Å². The highest BCUT2D eigenvalue weighted by atomic mass is 19.1. The summed E-state index contributed by atoms with van der Waals surface area (Å²) in [5.74, 6) is -2.12. The van der Waals surface area contributed by atoms with Gasteiger partial charge in [0, 0.05) is 36.2 Å². The number of hydrogen-bond acceptors (Lipinski definition) is 6. The van der Waals surface area contributed by atoms with Gasteiger partial charge < -0.3 is 25.0 Å². The zero-order valence-corrected chi connectivity index (χ0v) is 22.9. The van der Waals surface area contributed by atoms with Crippen molar-refractivity contribution in [3.63, 3.8) is 0 Å². The standard InChI is InChI=1S/C30H38FN3O5/c1-19(2)28-26(15-14-24(35)16-25(36)17-27(37)38)34(23-12-10-22(31)11-13-23)32-29(28)30(39)33(20(3)4)18-21-8-6-5-7-9-21/h5-13,19-20,24-25,35-36H,14-18H2,1-4H3,(H,37,38)/p-1/t24-,25-/m1/s1. The summed E-state index contributed by atoms with van der Waals surface area (Å²) in [5.41, 5.74) is 3.27. The number of hydrogen-bond donors (Lipinski definition) is 2. The predicted octanol–water partition coefficient (Wildman–Crippen LogP) is 3.37. The van der Waals surface area contributed by atoms with Crippen LogP contribution < -0.4 is 5.11 Å². The van der Waals surface area contributed by atoms with Crippen LogP contribution >= 0.6 is 0 Å². The zero-order chi connectivity index (χ0) is 28.7. The highest BCUT2D eigenvalue weighted by Crippen LogP contribution is 2.30. The Bertz CT molecular complexity index is 1240. The Balaban J connectivity index is 2.01. The fourth-order valence-corrected chi connectivity index (χ4v) is 4.68. The average molecular weight is 539 g/mol. The number of aliphatic carboxylic acids is 1. The first-order valence-electron chi connectivity index (χ1n) is 13.3. The van der Waals surface area contributed by atoms with Gasteiger partial charge in [0.2, 0.25) is 0 Å². The summed E-state index contributed by atoms with van der Waals surface area (Å²) < 4.78 is 15.3. The molecule has 0 fully saturated rings. The van der Waals surface area contributed by atoms with Crippen LogP contribution in [-0.2, 0) is 17.8 Å². The Hall–Kier alpha value is -3.56. The van der Waals surface area contributed by atoms with Crippen LogP contribution in [0.3, 0.4) is 0 Å². The smallest absolute Gasteiger partial charge is 0.275 e. The van der Waals surface area contributed by atoms with Crippen LogP contribution in [0.1, 0.15) is 80.2 Å². The summed E-state index contributed by atoms with van der Waals surface area (Å²) in [6, 6.07) is 15.4. The molecule has 0 bridgehead atoms. The van der Waals surface area contributed by atoms with E-state index in [4.69, 9.17) is 5.10 Å². The van der Waals surface area contributed by atoms with Crippen molar-refractivity contribution in [2.75, 3.05) is 0 Å². The number of carbonyl (C=O) groups excluding carboxylic acids is 2. The molecule has 3 rings (SSSR count). The molecule has 8 nitrogen and oxygen atoms in total. The molecule has 3 aromatic rings. The molecule has 1 heterocycles. The molecule has 1 aromatic heterocycles. The molecule has 0 aliphatic rings. The van der Waals surface area contributed by atoms with Crippen LogP contribution in [0.2, 0.25) is 0 Å². The lowest BCUT2D eigenvalue weighted by molar-refractivity contribution is -0.307. The Morgan fingerprint density at radius 2 is 1.64 bits per heavy atom. The van der Waals surface area contributed by atoms with E-state index in [1.165, 1.54) is 12.1 Å². The van der Waals surface area contributed by atoms with Crippen molar-refractivity contribution in [1.29, 1.82) is 0 Å². The van der Waals surface area contributed by atoms with Gasteiger partial charge in [-0.3, -0.25) is 4.79 Å². The van der Waals surface area contributed by atoms with Crippen LogP contribution in [0.5, 0.6) is 0 Å². The third kappa shape index (κ3) is 7.97. The lowest BCUT2D eigenvalue weighted by Crippen LogP contribution is -2.37. The van der Waals surface area contributed by atoms with Crippen molar-refractivity contribution in [1.82, 2.24) is 14.7 Å². The monoisotopic (exact) mass is 538 g/mol. The van der Waals surface area contributed by atoms with Crippen LogP contribution in [-0.4, -0.2) is 55.0 Å². The van der Waals surface area contributed by atoms with E-state index in [1.54, 1.807) is 21.7 Å². The second-order valence-electron chi connectivity index (χ2n) is 10.4. The second-order valence-corrected chi connectivity index (χ2v) is 10.4. The largest absolute Gasteiger partial charge is 0.550 e. The van der Waals surface area contributed by atoms with Gasteiger partial charge in [0.15, 0.2) is 5.69 Å². The maximum Gasteiger partial charge on any atom is 0.275 e. The van der Waals surface area contributed by atoms with E-state index in [9.17, 15) is 29.3 Å². The number of nitrogens with zero attached hydrogens (tertiary/aromatic N) is 3. The number of aliphatic hydroxyl groups is 2. The maximum absolute atomic E-state index is 14.0. The van der Waals surface area contributed by atoms with Crippen LogP contribution in [0.25, 0.3) is 5.69 Å². The number of carboxylic acid groups (broad SMARTS) is 1. The summed E-state index contributed by atoms with van der Waals surface area (Å²) in [4.78, 5) is 26.5. The molecule has 2 aromatic carbocycles. The lowest BCUT2D eigenvalue weighted by Gasteiger charge is -2.27. The number of halogens is 1. The van der Waals surface area contributed by atoms with Crippen LogP contribution in [0.15, 0.2) is 54.6 Å². The number of aromatic nitrogens is 2. The van der Waals surface area contributed by atoms with Gasteiger partial charge in [-0.25, -0.2) is 9.07 Å². The highest BCUT2D eigenvalue weighted by molar-refractivity contribution is 5.94. The quantitative estimate of drug-likeness (QED) is 0.345. The molecule has 0 radical (unpaired) electrons. The Morgan fingerprint density at radius 1 is 1.00 bits per heavy atom. The number of carboxylic acids is 1. The summed E-state index contributed by atoms with van der Waals surface area (Å²) in [6.07, 6.45) is -2.41. The molecule has 0 aliphatic carbocycles. The first-order chi connectivity index (χ1) is 18.5. The minimum absolute atomic E-state index is 0.0975. The number of rotatable bonds is 13. The minimum atomic E-state index is -1.39. The van der Waals surface area contributed by atoms with Crippen LogP contribution in [0, 0.1) is 5.82 Å². The number of amides is 1. The van der Waals surface area contributed by atoms with E-state index in [1.807, 2.05) is 58.0 Å². The van der Waals surface area contributed by atoms with Crippen molar-refractivity contribution in [2.45, 2.75) is 84.1 Å². The van der Waals surface area contributed by atoms with Crippen molar-refractivity contribution in [3.05, 3.63) is 82.9 Å². The SMILES string of the molecule is CC(C)c1c(C(=O)N(Cc2ccccc2)C(C)C)nn(-c2ccc(F)cc2)c1CC[C@@H](O)C[C@@H](O)CC(=O)[O-]. The molecule has 2 atom stereocenters. The molecule has 0 aliphatic heterocycles. The Morgan fingerprint density at radius 3 is 2.21 bits per heavy atom. The number of benzene rings is 2. The molecular formula is C30H37FN3O5-. The fourth-order valence-electron chi connectivity index (χ4n) is 4.68. The Kier molecular flexibility index (Phi) is 10.4. The molecular weight excluding hydrogens is 501 g/mol. The average Bonchev–Trinajstić information content (AvgIpc) is 3.26. The number of carbonyl (C=O) groups is 2. The fraction of sp³-hybridized carbons (Fsp3) is 0.433. The van der Waals surface area contributed by atoms with E-state index in [0.717, 1.165) is 11.1 Å². The zero-order valence-electron chi connectivity index (χ0n) is 22.9. The van der Waals surface area contributed by atoms with Gasteiger partial charge in [0.25, 0.3) is 5.91 Å². The Labute approximate surface area is 228 Å². The van der Waals surface area contributed by atoms with Gasteiger partial charge in [-0.2, -0.15) is 5.10 Å². The molecule has 0 spiro atoms. The van der Waals surface area contributed by atoms with E-state index in [-0.39, 0.29) is 30.7 Å². The molecule has 1 amide bonds. The second kappa shape index (κ2) is 13.5. The summed E-state index contributed by atoms with van der Waals surface area (Å²) in [7, 11) is 0. The van der Waals surface area contributed by atoms with Crippen molar-refractivity contribution in [2.24, 2.45) is 0 Å². The lowest BCUT2D eigenvalue weighted by atomic mass is 9.95. The normalized spacial score (nSPS) is 13.1. The topological polar surface area (TPSA) is 119 Å². The van der Waals surface area contributed by atoms with E-state index >= 15 is 0 Å². The molecule has 9 heteroatoms. The highest BCUT2D eigenvalue weighted by Gasteiger charge is 2.30. The van der Waals surface area contributed by atoms with Gasteiger partial charge in [0.1, 0.15) is 5.82 Å². The molecule has 0 saturated carbocycles.